The van der Waals surface area contributed by atoms with Crippen LogP contribution in [0.4, 0.5) is 11.4 Å². The van der Waals surface area contributed by atoms with E-state index in [4.69, 9.17) is 18.4 Å². The predicted molar refractivity (Wildman–Crippen MR) is 92.8 cm³/mol. The zero-order chi connectivity index (χ0) is 16.4. The van der Waals surface area contributed by atoms with Crippen molar-refractivity contribution in [1.29, 1.82) is 0 Å². The van der Waals surface area contributed by atoms with Gasteiger partial charge in [-0.15, -0.1) is 0 Å². The molecule has 3 rings (SSSR count). The number of allylic oxidation sites excluding steroid dienone is 1. The van der Waals surface area contributed by atoms with E-state index in [1.165, 1.54) is 7.11 Å². The molecule has 0 unspecified atom stereocenters. The van der Waals surface area contributed by atoms with Crippen molar-refractivity contribution in [3.63, 3.8) is 0 Å². The lowest BCUT2D eigenvalue weighted by molar-refractivity contribution is -0.110. The largest absolute Gasteiger partial charge is 0.399 e. The number of carbonyl (C=O) groups excluding carboxylic acids is 1. The van der Waals surface area contributed by atoms with E-state index in [0.29, 0.717) is 33.7 Å². The van der Waals surface area contributed by atoms with Gasteiger partial charge in [0.05, 0.1) is 5.57 Å². The molecule has 1 heterocycles. The molecule has 0 saturated carbocycles. The van der Waals surface area contributed by atoms with Crippen molar-refractivity contribution in [3.8, 4) is 0 Å². The Hall–Kier alpha value is -3.02. The molecule has 0 spiro atoms. The zero-order valence-corrected chi connectivity index (χ0v) is 12.5. The monoisotopic (exact) mass is 303 g/mol. The molecule has 0 aliphatic carbocycles. The summed E-state index contributed by atoms with van der Waals surface area (Å²) >= 11 is 0. The van der Waals surface area contributed by atoms with Gasteiger partial charge in [0.15, 0.2) is 0 Å². The zero-order valence-electron chi connectivity index (χ0n) is 12.5. The molecule has 1 aliphatic rings. The summed E-state index contributed by atoms with van der Waals surface area (Å²) in [6.07, 6.45) is 1.66. The maximum atomic E-state index is 12.3. The van der Waals surface area contributed by atoms with Gasteiger partial charge in [-0.25, -0.2) is 0 Å². The molecule has 0 fully saturated rings. The number of fused-ring (bicyclic) bond motifs is 1. The fourth-order valence-corrected chi connectivity index (χ4v) is 2.47. The Kier molecular flexibility index (Phi) is 3.89. The highest BCUT2D eigenvalue weighted by Gasteiger charge is 2.25. The number of nitrogen functional groups attached to an aromatic ring is 1. The van der Waals surface area contributed by atoms with Gasteiger partial charge < -0.3 is 15.9 Å². The number of nitrogens with zero attached hydrogens (tertiary/aromatic N) is 1. The number of carbonyl (C=O) groups is 1. The van der Waals surface area contributed by atoms with Gasteiger partial charge in [-0.05, 0) is 18.2 Å². The van der Waals surface area contributed by atoms with Crippen LogP contribution in [-0.2, 0) is 9.63 Å². The Morgan fingerprint density at radius 1 is 1.30 bits per heavy atom. The highest BCUT2D eigenvalue weighted by molar-refractivity contribution is 6.38. The minimum Gasteiger partial charge on any atom is -0.399 e. The summed E-state index contributed by atoms with van der Waals surface area (Å²) in [5.41, 5.74) is 10.2. The Morgan fingerprint density at radius 3 is 2.83 bits per heavy atom. The van der Waals surface area contributed by atoms with E-state index in [1.807, 2.05) is 18.2 Å². The number of para-hydroxylation sites is 1. The van der Waals surface area contributed by atoms with Crippen LogP contribution in [0.25, 0.3) is 5.57 Å². The average Bonchev–Trinajstić information content (AvgIpc) is 2.82. The van der Waals surface area contributed by atoms with Gasteiger partial charge in [0.2, 0.25) is 0 Å². The molecule has 2 aromatic carbocycles. The molecule has 6 heteroatoms. The van der Waals surface area contributed by atoms with Crippen LogP contribution >= 0.6 is 0 Å². The van der Waals surface area contributed by atoms with E-state index in [-0.39, 0.29) is 5.91 Å². The van der Waals surface area contributed by atoms with Crippen molar-refractivity contribution < 1.29 is 9.63 Å². The van der Waals surface area contributed by atoms with Gasteiger partial charge in [0, 0.05) is 22.5 Å². The summed E-state index contributed by atoms with van der Waals surface area (Å²) in [7, 11) is 7.20. The quantitative estimate of drug-likeness (QED) is 0.296. The van der Waals surface area contributed by atoms with Crippen LogP contribution in [0.1, 0.15) is 11.1 Å². The molecule has 23 heavy (non-hydrogen) atoms. The molecule has 0 aromatic heterocycles. The Morgan fingerprint density at radius 2 is 2.09 bits per heavy atom. The van der Waals surface area contributed by atoms with Crippen molar-refractivity contribution in [2.24, 2.45) is 5.16 Å². The summed E-state index contributed by atoms with van der Waals surface area (Å²) in [5.74, 6) is -0.219. The van der Waals surface area contributed by atoms with Crippen LogP contribution in [0.5, 0.6) is 0 Å². The summed E-state index contributed by atoms with van der Waals surface area (Å²) in [5, 5.41) is 6.79. The van der Waals surface area contributed by atoms with Gasteiger partial charge in [0.1, 0.15) is 20.7 Å². The molecule has 2 aromatic rings. The van der Waals surface area contributed by atoms with Crippen LogP contribution in [0.2, 0.25) is 0 Å². The first-order chi connectivity index (χ1) is 11.1. The molecule has 3 N–H and O–H groups in total. The van der Waals surface area contributed by atoms with Crippen LogP contribution in [0.15, 0.2) is 53.7 Å². The van der Waals surface area contributed by atoms with E-state index in [2.05, 4.69) is 10.5 Å². The smallest absolute Gasteiger partial charge is 0.256 e. The van der Waals surface area contributed by atoms with Crippen LogP contribution < -0.4 is 16.5 Å². The number of hydrogen-bond acceptors (Lipinski definition) is 4. The lowest BCUT2D eigenvalue weighted by Gasteiger charge is -2.06. The minimum absolute atomic E-state index is 0.219. The van der Waals surface area contributed by atoms with Crippen LogP contribution in [-0.4, -0.2) is 26.6 Å². The first-order valence-corrected chi connectivity index (χ1v) is 6.99. The second-order valence-electron chi connectivity index (χ2n) is 5.06. The van der Waals surface area contributed by atoms with Gasteiger partial charge in [-0.3, -0.25) is 4.79 Å². The maximum absolute atomic E-state index is 12.3. The fraction of sp³-hybridized carbons (Fsp3) is 0.0588. The predicted octanol–water partition coefficient (Wildman–Crippen LogP) is 1.45. The first-order valence-electron chi connectivity index (χ1n) is 6.99. The third-order valence-electron chi connectivity index (χ3n) is 3.53. The van der Waals surface area contributed by atoms with Crippen molar-refractivity contribution >= 4 is 41.9 Å². The van der Waals surface area contributed by atoms with Crippen LogP contribution in [0, 0.1) is 0 Å². The van der Waals surface area contributed by atoms with Gasteiger partial charge >= 0.3 is 0 Å². The Balaban J connectivity index is 2.11. The fourth-order valence-electron chi connectivity index (χ4n) is 2.47. The van der Waals surface area contributed by atoms with Gasteiger partial charge in [-0.1, -0.05) is 41.0 Å². The average molecular weight is 303 g/mol. The van der Waals surface area contributed by atoms with Crippen molar-refractivity contribution in [2.75, 3.05) is 18.2 Å². The van der Waals surface area contributed by atoms with E-state index < -0.39 is 0 Å². The summed E-state index contributed by atoms with van der Waals surface area (Å²) < 4.78 is 0. The highest BCUT2D eigenvalue weighted by atomic mass is 16.6. The van der Waals surface area contributed by atoms with E-state index >= 15 is 0 Å². The molecule has 0 atom stereocenters. The highest BCUT2D eigenvalue weighted by Crippen LogP contribution is 2.31. The van der Waals surface area contributed by atoms with E-state index in [9.17, 15) is 4.79 Å². The summed E-state index contributed by atoms with van der Waals surface area (Å²) in [4.78, 5) is 17.2. The summed E-state index contributed by atoms with van der Waals surface area (Å²) in [6, 6.07) is 12.5. The second-order valence-corrected chi connectivity index (χ2v) is 5.06. The van der Waals surface area contributed by atoms with Gasteiger partial charge in [0.25, 0.3) is 5.91 Å². The number of oxime groups is 1. The molecular weight excluding hydrogens is 289 g/mol. The van der Waals surface area contributed by atoms with Crippen molar-refractivity contribution in [2.45, 2.75) is 0 Å². The molecule has 0 saturated heterocycles. The maximum Gasteiger partial charge on any atom is 0.256 e. The summed E-state index contributed by atoms with van der Waals surface area (Å²) in [6.45, 7) is 0. The molecule has 2 radical (unpaired) electrons. The lowest BCUT2D eigenvalue weighted by atomic mass is 9.93. The molecule has 112 valence electrons. The Labute approximate surface area is 135 Å². The number of amides is 1. The first kappa shape index (κ1) is 14.9. The number of nitrogens with one attached hydrogen (secondary N) is 1. The number of hydrogen-bond donors (Lipinski definition) is 2. The normalized spacial score (nSPS) is 15.4. The second kappa shape index (κ2) is 6.00. The number of nitrogens with two attached hydrogens (primary N) is 1. The van der Waals surface area contributed by atoms with Crippen molar-refractivity contribution in [1.82, 2.24) is 0 Å². The molecule has 1 amide bonds. The van der Waals surface area contributed by atoms with Crippen molar-refractivity contribution in [3.05, 3.63) is 59.7 Å². The van der Waals surface area contributed by atoms with Crippen LogP contribution in [0.3, 0.4) is 0 Å². The third kappa shape index (κ3) is 2.83. The minimum atomic E-state index is -0.219. The molecular formula is C17H14BN3O2. The standard InChI is InChI=1S/C17H14BN3O2/c1-23-21-16(12-4-2-3-5-14(12)19)9-13-11-7-6-10(18)8-15(11)20-17(13)22/h2-9H,19H2,1H3,(H,20,22)/b13-9+,21-16-. The molecule has 0 bridgehead atoms. The number of benzene rings is 2. The topological polar surface area (TPSA) is 76.7 Å². The number of anilines is 2. The van der Waals surface area contributed by atoms with E-state index in [0.717, 1.165) is 5.56 Å². The molecule has 5 nitrogen and oxygen atoms in total. The third-order valence-corrected chi connectivity index (χ3v) is 3.53. The van der Waals surface area contributed by atoms with Gasteiger partial charge in [-0.2, -0.15) is 0 Å². The SMILES string of the molecule is [B]c1ccc2c(c1)NC(=O)/C2=C/C(=N/OC)c1ccccc1N. The lowest BCUT2D eigenvalue weighted by Crippen LogP contribution is -2.08. The molecule has 1 aliphatic heterocycles. The van der Waals surface area contributed by atoms with E-state index in [1.54, 1.807) is 30.3 Å². The Bertz CT molecular complexity index is 843. The number of rotatable bonds is 3.